The summed E-state index contributed by atoms with van der Waals surface area (Å²) in [6.45, 7) is 2.05. The summed E-state index contributed by atoms with van der Waals surface area (Å²) in [5, 5.41) is 12.5. The summed E-state index contributed by atoms with van der Waals surface area (Å²) in [4.78, 5) is 0. The van der Waals surface area contributed by atoms with Gasteiger partial charge in [0.2, 0.25) is 0 Å². The Morgan fingerprint density at radius 1 is 1.14 bits per heavy atom. The second-order valence-electron chi connectivity index (χ2n) is 4.77. The van der Waals surface area contributed by atoms with Gasteiger partial charge in [0.25, 0.3) is 0 Å². The van der Waals surface area contributed by atoms with Gasteiger partial charge in [0, 0.05) is 5.56 Å². The standard InChI is InChI=1S/C15H14ClN5/c1-10(11-5-3-2-4-6-11)21-15(18-19-20-21)12-7-8-14(17)13(16)9-12/h2-10H,17H2,1H3. The molecule has 0 aliphatic heterocycles. The third kappa shape index (κ3) is 2.60. The van der Waals surface area contributed by atoms with E-state index >= 15 is 0 Å². The predicted octanol–water partition coefficient (Wildman–Crippen LogP) is 3.19. The quantitative estimate of drug-likeness (QED) is 0.754. The molecule has 21 heavy (non-hydrogen) atoms. The van der Waals surface area contributed by atoms with Gasteiger partial charge in [-0.25, -0.2) is 4.68 Å². The second kappa shape index (κ2) is 5.54. The molecule has 6 heteroatoms. The number of hydrogen-bond donors (Lipinski definition) is 1. The lowest BCUT2D eigenvalue weighted by atomic mass is 10.1. The van der Waals surface area contributed by atoms with E-state index in [1.807, 2.05) is 43.3 Å². The molecule has 2 N–H and O–H groups in total. The average Bonchev–Trinajstić information content (AvgIpc) is 2.99. The van der Waals surface area contributed by atoms with Crippen LogP contribution in [0.5, 0.6) is 0 Å². The first kappa shape index (κ1) is 13.6. The number of hydrogen-bond acceptors (Lipinski definition) is 4. The summed E-state index contributed by atoms with van der Waals surface area (Å²) in [5.41, 5.74) is 8.25. The summed E-state index contributed by atoms with van der Waals surface area (Å²) >= 11 is 6.08. The van der Waals surface area contributed by atoms with Gasteiger partial charge in [-0.2, -0.15) is 0 Å². The van der Waals surface area contributed by atoms with Gasteiger partial charge in [0.1, 0.15) is 0 Å². The van der Waals surface area contributed by atoms with Gasteiger partial charge >= 0.3 is 0 Å². The zero-order valence-corrected chi connectivity index (χ0v) is 12.2. The fourth-order valence-corrected chi connectivity index (χ4v) is 2.36. The van der Waals surface area contributed by atoms with Gasteiger partial charge in [-0.05, 0) is 41.1 Å². The Morgan fingerprint density at radius 2 is 1.90 bits per heavy atom. The third-order valence-electron chi connectivity index (χ3n) is 3.40. The third-order valence-corrected chi connectivity index (χ3v) is 3.73. The topological polar surface area (TPSA) is 69.6 Å². The van der Waals surface area contributed by atoms with Crippen molar-refractivity contribution in [3.05, 3.63) is 59.1 Å². The van der Waals surface area contributed by atoms with E-state index in [1.165, 1.54) is 0 Å². The maximum Gasteiger partial charge on any atom is 0.182 e. The van der Waals surface area contributed by atoms with Crippen LogP contribution in [0.1, 0.15) is 18.5 Å². The number of tetrazole rings is 1. The van der Waals surface area contributed by atoms with E-state index in [1.54, 1.807) is 16.8 Å². The first-order valence-corrected chi connectivity index (χ1v) is 6.93. The molecule has 0 bridgehead atoms. The number of rotatable bonds is 3. The number of nitrogens with two attached hydrogens (primary N) is 1. The Morgan fingerprint density at radius 3 is 2.62 bits per heavy atom. The van der Waals surface area contributed by atoms with Crippen LogP contribution in [0.15, 0.2) is 48.5 Å². The van der Waals surface area contributed by atoms with Crippen molar-refractivity contribution in [1.82, 2.24) is 20.2 Å². The van der Waals surface area contributed by atoms with Crippen molar-refractivity contribution in [3.63, 3.8) is 0 Å². The molecule has 106 valence electrons. The Hall–Kier alpha value is -2.40. The normalized spacial score (nSPS) is 12.3. The molecule has 1 unspecified atom stereocenters. The number of aromatic nitrogens is 4. The van der Waals surface area contributed by atoms with Gasteiger partial charge in [-0.15, -0.1) is 5.10 Å². The minimum Gasteiger partial charge on any atom is -0.398 e. The highest BCUT2D eigenvalue weighted by Gasteiger charge is 2.16. The van der Waals surface area contributed by atoms with Crippen LogP contribution in [0.4, 0.5) is 5.69 Å². The van der Waals surface area contributed by atoms with Crippen molar-refractivity contribution < 1.29 is 0 Å². The minimum absolute atomic E-state index is 0.0209. The van der Waals surface area contributed by atoms with Crippen LogP contribution in [0, 0.1) is 0 Å². The molecule has 2 aromatic carbocycles. The molecule has 5 nitrogen and oxygen atoms in total. The molecule has 0 fully saturated rings. The number of benzene rings is 2. The molecule has 0 amide bonds. The van der Waals surface area contributed by atoms with Crippen molar-refractivity contribution >= 4 is 17.3 Å². The maximum absolute atomic E-state index is 6.08. The van der Waals surface area contributed by atoms with Gasteiger partial charge in [-0.3, -0.25) is 0 Å². The summed E-state index contributed by atoms with van der Waals surface area (Å²) in [5.74, 6) is 0.660. The SMILES string of the molecule is CC(c1ccccc1)n1nnnc1-c1ccc(N)c(Cl)c1. The van der Waals surface area contributed by atoms with E-state index in [0.717, 1.165) is 11.1 Å². The summed E-state index contributed by atoms with van der Waals surface area (Å²) in [7, 11) is 0. The summed E-state index contributed by atoms with van der Waals surface area (Å²) in [6, 6.07) is 15.5. The number of halogens is 1. The maximum atomic E-state index is 6.08. The van der Waals surface area contributed by atoms with Crippen LogP contribution in [0.2, 0.25) is 5.02 Å². The van der Waals surface area contributed by atoms with Gasteiger partial charge in [0.15, 0.2) is 5.82 Å². The lowest BCUT2D eigenvalue weighted by Gasteiger charge is -2.14. The van der Waals surface area contributed by atoms with E-state index < -0.39 is 0 Å². The van der Waals surface area contributed by atoms with Crippen molar-refractivity contribution in [1.29, 1.82) is 0 Å². The van der Waals surface area contributed by atoms with Gasteiger partial charge in [0.05, 0.1) is 16.8 Å². The number of anilines is 1. The molecular formula is C15H14ClN5. The Balaban J connectivity index is 2.03. The van der Waals surface area contributed by atoms with Crippen LogP contribution in [0.3, 0.4) is 0 Å². The van der Waals surface area contributed by atoms with Crippen molar-refractivity contribution in [2.24, 2.45) is 0 Å². The lowest BCUT2D eigenvalue weighted by molar-refractivity contribution is 0.548. The van der Waals surface area contributed by atoms with Crippen LogP contribution >= 0.6 is 11.6 Å². The zero-order valence-electron chi connectivity index (χ0n) is 11.4. The zero-order chi connectivity index (χ0) is 14.8. The Labute approximate surface area is 127 Å². The van der Waals surface area contributed by atoms with Crippen molar-refractivity contribution in [2.75, 3.05) is 5.73 Å². The second-order valence-corrected chi connectivity index (χ2v) is 5.18. The fraction of sp³-hybridized carbons (Fsp3) is 0.133. The minimum atomic E-state index is 0.0209. The molecule has 1 atom stereocenters. The van der Waals surface area contributed by atoms with E-state index in [-0.39, 0.29) is 6.04 Å². The van der Waals surface area contributed by atoms with Crippen molar-refractivity contribution in [2.45, 2.75) is 13.0 Å². The number of nitrogens with zero attached hydrogens (tertiary/aromatic N) is 4. The van der Waals surface area contributed by atoms with Crippen LogP contribution < -0.4 is 5.73 Å². The molecular weight excluding hydrogens is 286 g/mol. The molecule has 0 spiro atoms. The monoisotopic (exact) mass is 299 g/mol. The predicted molar refractivity (Wildman–Crippen MR) is 82.9 cm³/mol. The molecule has 0 aliphatic carbocycles. The summed E-state index contributed by atoms with van der Waals surface area (Å²) in [6.07, 6.45) is 0. The lowest BCUT2D eigenvalue weighted by Crippen LogP contribution is -2.10. The smallest absolute Gasteiger partial charge is 0.182 e. The van der Waals surface area contributed by atoms with Gasteiger partial charge < -0.3 is 5.73 Å². The van der Waals surface area contributed by atoms with Crippen LogP contribution in [-0.4, -0.2) is 20.2 Å². The van der Waals surface area contributed by atoms with E-state index in [9.17, 15) is 0 Å². The molecule has 1 heterocycles. The molecule has 0 aliphatic rings. The largest absolute Gasteiger partial charge is 0.398 e. The molecule has 1 aromatic heterocycles. The fourth-order valence-electron chi connectivity index (χ4n) is 2.18. The highest BCUT2D eigenvalue weighted by Crippen LogP contribution is 2.28. The van der Waals surface area contributed by atoms with Crippen LogP contribution in [0.25, 0.3) is 11.4 Å². The number of nitrogen functional groups attached to an aromatic ring is 1. The van der Waals surface area contributed by atoms with Crippen LogP contribution in [-0.2, 0) is 0 Å². The molecule has 0 saturated heterocycles. The molecule has 0 saturated carbocycles. The first-order valence-electron chi connectivity index (χ1n) is 6.55. The highest BCUT2D eigenvalue weighted by molar-refractivity contribution is 6.33. The van der Waals surface area contributed by atoms with Crippen molar-refractivity contribution in [3.8, 4) is 11.4 Å². The van der Waals surface area contributed by atoms with E-state index in [2.05, 4.69) is 15.5 Å². The Kier molecular flexibility index (Phi) is 3.58. The van der Waals surface area contributed by atoms with E-state index in [0.29, 0.717) is 16.5 Å². The molecule has 3 aromatic rings. The van der Waals surface area contributed by atoms with Gasteiger partial charge in [-0.1, -0.05) is 41.9 Å². The molecule has 3 rings (SSSR count). The van der Waals surface area contributed by atoms with E-state index in [4.69, 9.17) is 17.3 Å². The average molecular weight is 300 g/mol. The molecule has 0 radical (unpaired) electrons. The summed E-state index contributed by atoms with van der Waals surface area (Å²) < 4.78 is 1.77. The Bertz CT molecular complexity index is 754. The first-order chi connectivity index (χ1) is 10.2. The highest BCUT2D eigenvalue weighted by atomic mass is 35.5.